The van der Waals surface area contributed by atoms with Gasteiger partial charge in [-0.05, 0) is 18.9 Å². The Bertz CT molecular complexity index is 302. The molecular weight excluding hydrogens is 174 g/mol. The summed E-state index contributed by atoms with van der Waals surface area (Å²) in [6.07, 6.45) is 2.67. The van der Waals surface area contributed by atoms with Gasteiger partial charge in [0, 0.05) is 5.92 Å². The lowest BCUT2D eigenvalue weighted by atomic mass is 9.89. The van der Waals surface area contributed by atoms with Crippen molar-refractivity contribution in [3.63, 3.8) is 0 Å². The second-order valence-electron chi connectivity index (χ2n) is 3.76. The van der Waals surface area contributed by atoms with Crippen molar-refractivity contribution in [3.05, 3.63) is 23.0 Å². The fraction of sp³-hybridized carbons (Fsp3) is 0.600. The quantitative estimate of drug-likeness (QED) is 0.565. The smallest absolute Gasteiger partial charge is 0.309 e. The fourth-order valence-electron chi connectivity index (χ4n) is 1.93. The molecule has 0 N–H and O–H groups in total. The first kappa shape index (κ1) is 8.73. The molecule has 0 spiro atoms. The van der Waals surface area contributed by atoms with Crippen LogP contribution in [0.2, 0.25) is 0 Å². The van der Waals surface area contributed by atoms with Gasteiger partial charge in [-0.25, -0.2) is 0 Å². The van der Waals surface area contributed by atoms with E-state index in [0.717, 1.165) is 6.42 Å². The van der Waals surface area contributed by atoms with Crippen molar-refractivity contribution in [2.75, 3.05) is 6.61 Å². The van der Waals surface area contributed by atoms with E-state index in [9.17, 15) is 8.78 Å². The van der Waals surface area contributed by atoms with E-state index in [-0.39, 0.29) is 11.5 Å². The third-order valence-corrected chi connectivity index (χ3v) is 2.64. The van der Waals surface area contributed by atoms with Crippen LogP contribution in [0.3, 0.4) is 0 Å². The van der Waals surface area contributed by atoms with E-state index in [1.807, 2.05) is 13.0 Å². The predicted molar refractivity (Wildman–Crippen MR) is 45.5 cm³/mol. The first-order valence-electron chi connectivity index (χ1n) is 4.45. The van der Waals surface area contributed by atoms with Crippen molar-refractivity contribution in [3.8, 4) is 0 Å². The zero-order chi connectivity index (χ0) is 9.64. The molecule has 0 amide bonds. The maximum Gasteiger partial charge on any atom is 0.309 e. The van der Waals surface area contributed by atoms with Gasteiger partial charge < -0.3 is 4.74 Å². The van der Waals surface area contributed by atoms with Crippen LogP contribution in [0, 0.1) is 5.92 Å². The van der Waals surface area contributed by atoms with Gasteiger partial charge >= 0.3 is 5.92 Å². The highest BCUT2D eigenvalue weighted by atomic mass is 19.3. The average Bonchev–Trinajstić information content (AvgIpc) is 2.36. The molecule has 1 aliphatic carbocycles. The molecule has 72 valence electrons. The summed E-state index contributed by atoms with van der Waals surface area (Å²) in [4.78, 5) is 0. The van der Waals surface area contributed by atoms with E-state index in [1.54, 1.807) is 6.92 Å². The summed E-state index contributed by atoms with van der Waals surface area (Å²) in [5.74, 6) is -2.16. The van der Waals surface area contributed by atoms with E-state index in [0.29, 0.717) is 11.3 Å². The lowest BCUT2D eigenvalue weighted by Crippen LogP contribution is -2.21. The first-order chi connectivity index (χ1) is 6.02. The number of halogens is 2. The molecule has 1 atom stereocenters. The highest BCUT2D eigenvalue weighted by molar-refractivity contribution is 5.43. The zero-order valence-electron chi connectivity index (χ0n) is 7.73. The minimum atomic E-state index is -2.77. The van der Waals surface area contributed by atoms with Gasteiger partial charge in [-0.2, -0.15) is 8.78 Å². The predicted octanol–water partition coefficient (Wildman–Crippen LogP) is 2.89. The van der Waals surface area contributed by atoms with E-state index < -0.39 is 12.5 Å². The first-order valence-corrected chi connectivity index (χ1v) is 4.45. The number of rotatable bonds is 0. The van der Waals surface area contributed by atoms with Gasteiger partial charge in [-0.1, -0.05) is 13.0 Å². The van der Waals surface area contributed by atoms with E-state index >= 15 is 0 Å². The summed E-state index contributed by atoms with van der Waals surface area (Å²) in [7, 11) is 0. The van der Waals surface area contributed by atoms with E-state index in [1.165, 1.54) is 0 Å². The van der Waals surface area contributed by atoms with Crippen molar-refractivity contribution < 1.29 is 13.5 Å². The van der Waals surface area contributed by atoms with Crippen LogP contribution >= 0.6 is 0 Å². The minimum Gasteiger partial charge on any atom is -0.490 e. The lowest BCUT2D eigenvalue weighted by Gasteiger charge is -2.19. The third kappa shape index (κ3) is 1.18. The van der Waals surface area contributed by atoms with Gasteiger partial charge in [-0.15, -0.1) is 0 Å². The molecule has 0 aromatic carbocycles. The summed E-state index contributed by atoms with van der Waals surface area (Å²) in [5, 5.41) is 0. The minimum absolute atomic E-state index is 0.104. The Morgan fingerprint density at radius 3 is 2.85 bits per heavy atom. The third-order valence-electron chi connectivity index (χ3n) is 2.64. The summed E-state index contributed by atoms with van der Waals surface area (Å²) >= 11 is 0. The molecule has 0 aromatic rings. The molecule has 3 heteroatoms. The van der Waals surface area contributed by atoms with Gasteiger partial charge in [0.1, 0.15) is 5.76 Å². The van der Waals surface area contributed by atoms with Gasteiger partial charge in [0.25, 0.3) is 0 Å². The number of hydrogen-bond acceptors (Lipinski definition) is 1. The number of ether oxygens (including phenoxy) is 1. The molecule has 0 saturated heterocycles. The van der Waals surface area contributed by atoms with Crippen LogP contribution in [0.4, 0.5) is 8.78 Å². The zero-order valence-corrected chi connectivity index (χ0v) is 7.73. The number of hydrogen-bond donors (Lipinski definition) is 0. The molecule has 2 aliphatic rings. The summed E-state index contributed by atoms with van der Waals surface area (Å²) in [6.45, 7) is 3.16. The van der Waals surface area contributed by atoms with E-state index in [2.05, 4.69) is 0 Å². The topological polar surface area (TPSA) is 9.23 Å². The fourth-order valence-corrected chi connectivity index (χ4v) is 1.93. The Hall–Kier alpha value is -0.860. The summed E-state index contributed by atoms with van der Waals surface area (Å²) < 4.78 is 31.6. The molecule has 1 nitrogen and oxygen atoms in total. The van der Waals surface area contributed by atoms with Crippen molar-refractivity contribution in [2.45, 2.75) is 26.2 Å². The van der Waals surface area contributed by atoms with Gasteiger partial charge in [0.05, 0.1) is 5.57 Å². The van der Waals surface area contributed by atoms with Crippen LogP contribution in [0.15, 0.2) is 23.0 Å². The Morgan fingerprint density at radius 1 is 1.54 bits per heavy atom. The molecule has 0 saturated carbocycles. The monoisotopic (exact) mass is 186 g/mol. The normalized spacial score (nSPS) is 31.1. The molecule has 1 aliphatic heterocycles. The SMILES string of the molecule is CC1=CCC(C)C2=C1C(F)(F)CO2. The Balaban J connectivity index is 2.47. The van der Waals surface area contributed by atoms with Crippen LogP contribution in [-0.2, 0) is 4.74 Å². The van der Waals surface area contributed by atoms with Crippen LogP contribution < -0.4 is 0 Å². The van der Waals surface area contributed by atoms with Gasteiger partial charge in [0.15, 0.2) is 6.61 Å². The van der Waals surface area contributed by atoms with E-state index in [4.69, 9.17) is 4.74 Å². The Morgan fingerprint density at radius 2 is 2.23 bits per heavy atom. The number of alkyl halides is 2. The summed E-state index contributed by atoms with van der Waals surface area (Å²) in [5.41, 5.74) is 0.807. The Kier molecular flexibility index (Phi) is 1.72. The molecule has 1 unspecified atom stereocenters. The second kappa shape index (κ2) is 2.56. The van der Waals surface area contributed by atoms with Gasteiger partial charge in [0.2, 0.25) is 0 Å². The summed E-state index contributed by atoms with van der Waals surface area (Å²) in [6, 6.07) is 0. The second-order valence-corrected chi connectivity index (χ2v) is 3.76. The molecule has 0 fully saturated rings. The molecule has 13 heavy (non-hydrogen) atoms. The van der Waals surface area contributed by atoms with Crippen LogP contribution in [0.25, 0.3) is 0 Å². The maximum absolute atomic E-state index is 13.3. The van der Waals surface area contributed by atoms with Crippen LogP contribution in [0.1, 0.15) is 20.3 Å². The molecule has 1 heterocycles. The molecular formula is C10H12F2O. The highest BCUT2D eigenvalue weighted by Gasteiger charge is 2.46. The highest BCUT2D eigenvalue weighted by Crippen LogP contribution is 2.44. The van der Waals surface area contributed by atoms with Crippen LogP contribution in [0.5, 0.6) is 0 Å². The molecule has 2 rings (SSSR count). The van der Waals surface area contributed by atoms with Crippen molar-refractivity contribution in [2.24, 2.45) is 5.92 Å². The van der Waals surface area contributed by atoms with Crippen LogP contribution in [-0.4, -0.2) is 12.5 Å². The lowest BCUT2D eigenvalue weighted by molar-refractivity contribution is 0.00321. The number of allylic oxidation sites excluding steroid dienone is 3. The van der Waals surface area contributed by atoms with Crippen molar-refractivity contribution >= 4 is 0 Å². The largest absolute Gasteiger partial charge is 0.490 e. The molecule has 0 radical (unpaired) electrons. The standard InChI is InChI=1S/C10H12F2O/c1-6-3-4-7(2)9-8(6)10(11,12)5-13-9/h3,7H,4-5H2,1-2H3. The average molecular weight is 186 g/mol. The van der Waals surface area contributed by atoms with Crippen molar-refractivity contribution in [1.29, 1.82) is 0 Å². The molecule has 0 bridgehead atoms. The van der Waals surface area contributed by atoms with Gasteiger partial charge in [-0.3, -0.25) is 0 Å². The van der Waals surface area contributed by atoms with Crippen molar-refractivity contribution in [1.82, 2.24) is 0 Å². The Labute approximate surface area is 76.1 Å². The molecule has 0 aromatic heterocycles. The maximum atomic E-state index is 13.3.